The van der Waals surface area contributed by atoms with Crippen molar-refractivity contribution >= 4 is 22.8 Å². The first-order valence-electron chi connectivity index (χ1n) is 15.4. The van der Waals surface area contributed by atoms with E-state index in [-0.39, 0.29) is 17.9 Å². The normalized spacial score (nSPS) is 15.4. The Balaban J connectivity index is 0.000000559. The van der Waals surface area contributed by atoms with E-state index in [0.717, 1.165) is 66.0 Å². The van der Waals surface area contributed by atoms with Crippen molar-refractivity contribution in [1.29, 1.82) is 0 Å². The first-order chi connectivity index (χ1) is 22.7. The average Bonchev–Trinajstić information content (AvgIpc) is 3.68. The molecule has 0 radical (unpaired) electrons. The number of fused-ring (bicyclic) bond motifs is 1. The zero-order valence-electron chi connectivity index (χ0n) is 25.6. The van der Waals surface area contributed by atoms with Crippen LogP contribution in [0.25, 0.3) is 10.9 Å². The summed E-state index contributed by atoms with van der Waals surface area (Å²) in [6, 6.07) is 24.3. The number of nitrogens with one attached hydrogen (secondary N) is 3. The third-order valence-electron chi connectivity index (χ3n) is 8.02. The number of halogens is 3. The van der Waals surface area contributed by atoms with Crippen LogP contribution in [0.15, 0.2) is 85.2 Å². The van der Waals surface area contributed by atoms with Crippen molar-refractivity contribution in [2.75, 3.05) is 13.1 Å². The molecule has 5 aromatic rings. The minimum Gasteiger partial charge on any atom is -0.475 e. The standard InChI is InChI=1S/C32H35N7O.C2HF3O2/c40-32(24-11-8-17-33-20-24)36-29(19-25-21-35-28-14-5-4-13-27(25)28)31-38-37-30(16-15-23-9-2-1-3-10-23)39(31)22-26-12-6-7-18-34-26;3-2(4,5)1(6)7/h1-7,9-10,12-14,18,21,24,29,33,35H,8,11,15-17,19-20,22H2,(H,36,40);(H,6,7)/t24?,29-;/m1./s1. The fraction of sp³-hybridized carbons (Fsp3) is 0.324. The van der Waals surface area contributed by atoms with Gasteiger partial charge in [-0.05, 0) is 55.1 Å². The fourth-order valence-electron chi connectivity index (χ4n) is 5.61. The number of hydrogen-bond donors (Lipinski definition) is 4. The summed E-state index contributed by atoms with van der Waals surface area (Å²) >= 11 is 0. The van der Waals surface area contributed by atoms with Crippen LogP contribution in [-0.2, 0) is 35.4 Å². The van der Waals surface area contributed by atoms with Crippen molar-refractivity contribution in [2.24, 2.45) is 5.92 Å². The number of aromatic amines is 1. The Hall–Kier alpha value is -5.04. The van der Waals surface area contributed by atoms with Gasteiger partial charge in [-0.2, -0.15) is 13.2 Å². The molecule has 1 amide bonds. The molecule has 1 fully saturated rings. The molecule has 1 aliphatic rings. The number of aliphatic carboxylic acids is 1. The number of carbonyl (C=O) groups is 2. The highest BCUT2D eigenvalue weighted by Gasteiger charge is 2.38. The topological polar surface area (TPSA) is 138 Å². The minimum atomic E-state index is -5.08. The molecule has 2 atom stereocenters. The molecule has 0 aliphatic carbocycles. The summed E-state index contributed by atoms with van der Waals surface area (Å²) < 4.78 is 33.9. The van der Waals surface area contributed by atoms with E-state index in [0.29, 0.717) is 19.5 Å². The number of aromatic nitrogens is 5. The molecule has 246 valence electrons. The van der Waals surface area contributed by atoms with Gasteiger partial charge in [0, 0.05) is 42.7 Å². The molecule has 4 N–H and O–H groups in total. The second-order valence-corrected chi connectivity index (χ2v) is 11.3. The van der Waals surface area contributed by atoms with Gasteiger partial charge < -0.3 is 25.3 Å². The summed E-state index contributed by atoms with van der Waals surface area (Å²) in [6.45, 7) is 2.21. The third kappa shape index (κ3) is 9.03. The van der Waals surface area contributed by atoms with E-state index in [1.54, 1.807) is 0 Å². The van der Waals surface area contributed by atoms with Gasteiger partial charge in [0.25, 0.3) is 0 Å². The van der Waals surface area contributed by atoms with Crippen molar-refractivity contribution in [3.05, 3.63) is 114 Å². The number of pyridine rings is 1. The van der Waals surface area contributed by atoms with Crippen LogP contribution >= 0.6 is 0 Å². The van der Waals surface area contributed by atoms with E-state index in [1.807, 2.05) is 48.8 Å². The molecule has 0 bridgehead atoms. The number of carboxylic acid groups (broad SMARTS) is 1. The number of carboxylic acids is 1. The lowest BCUT2D eigenvalue weighted by atomic mass is 9.97. The van der Waals surface area contributed by atoms with Crippen LogP contribution in [0.1, 0.15) is 47.4 Å². The van der Waals surface area contributed by atoms with Gasteiger partial charge in [-0.1, -0.05) is 54.6 Å². The summed E-state index contributed by atoms with van der Waals surface area (Å²) in [5, 5.41) is 24.4. The molecule has 0 spiro atoms. The number of piperidine rings is 1. The maximum Gasteiger partial charge on any atom is 0.490 e. The van der Waals surface area contributed by atoms with Crippen LogP contribution in [0, 0.1) is 5.92 Å². The van der Waals surface area contributed by atoms with Crippen LogP contribution in [0.5, 0.6) is 0 Å². The Labute approximate surface area is 269 Å². The third-order valence-corrected chi connectivity index (χ3v) is 8.02. The largest absolute Gasteiger partial charge is 0.490 e. The van der Waals surface area contributed by atoms with Crippen LogP contribution in [0.4, 0.5) is 13.2 Å². The van der Waals surface area contributed by atoms with Crippen LogP contribution < -0.4 is 10.6 Å². The molecule has 6 rings (SSSR count). The van der Waals surface area contributed by atoms with Crippen molar-refractivity contribution in [2.45, 2.75) is 50.9 Å². The molecule has 1 aliphatic heterocycles. The van der Waals surface area contributed by atoms with Gasteiger partial charge in [-0.3, -0.25) is 9.78 Å². The number of H-pyrrole nitrogens is 1. The van der Waals surface area contributed by atoms with Crippen LogP contribution in [-0.4, -0.2) is 61.0 Å². The van der Waals surface area contributed by atoms with Crippen LogP contribution in [0.3, 0.4) is 0 Å². The molecule has 10 nitrogen and oxygen atoms in total. The van der Waals surface area contributed by atoms with Gasteiger partial charge in [-0.25, -0.2) is 4.79 Å². The lowest BCUT2D eigenvalue weighted by molar-refractivity contribution is -0.192. The highest BCUT2D eigenvalue weighted by atomic mass is 19.4. The van der Waals surface area contributed by atoms with Crippen molar-refractivity contribution < 1.29 is 27.9 Å². The lowest BCUT2D eigenvalue weighted by Crippen LogP contribution is -2.42. The number of rotatable bonds is 10. The fourth-order valence-corrected chi connectivity index (χ4v) is 5.61. The summed E-state index contributed by atoms with van der Waals surface area (Å²) in [5.41, 5.74) is 4.40. The van der Waals surface area contributed by atoms with Crippen molar-refractivity contribution in [3.63, 3.8) is 0 Å². The first kappa shape index (κ1) is 33.3. The highest BCUT2D eigenvalue weighted by molar-refractivity contribution is 5.83. The van der Waals surface area contributed by atoms with Gasteiger partial charge in [0.2, 0.25) is 5.91 Å². The Kier molecular flexibility index (Phi) is 11.0. The molecule has 2 aromatic carbocycles. The van der Waals surface area contributed by atoms with Gasteiger partial charge in [0.15, 0.2) is 5.82 Å². The zero-order chi connectivity index (χ0) is 33.2. The number of alkyl halides is 3. The minimum absolute atomic E-state index is 0.0519. The second-order valence-electron chi connectivity index (χ2n) is 11.3. The Morgan fingerprint density at radius 3 is 2.45 bits per heavy atom. The van der Waals surface area contributed by atoms with Crippen molar-refractivity contribution in [1.82, 2.24) is 35.4 Å². The van der Waals surface area contributed by atoms with Crippen molar-refractivity contribution in [3.8, 4) is 0 Å². The Bertz CT molecular complexity index is 1750. The summed E-state index contributed by atoms with van der Waals surface area (Å²) in [6.07, 6.45) is 2.87. The second kappa shape index (κ2) is 15.5. The summed E-state index contributed by atoms with van der Waals surface area (Å²) in [5.74, 6) is -1.09. The van der Waals surface area contributed by atoms with E-state index >= 15 is 0 Å². The number of amides is 1. The predicted molar refractivity (Wildman–Crippen MR) is 169 cm³/mol. The predicted octanol–water partition coefficient (Wildman–Crippen LogP) is 5.02. The van der Waals surface area contributed by atoms with E-state index in [2.05, 4.69) is 66.7 Å². The lowest BCUT2D eigenvalue weighted by Gasteiger charge is -2.26. The molecule has 3 aromatic heterocycles. The molecule has 13 heteroatoms. The zero-order valence-corrected chi connectivity index (χ0v) is 25.6. The quantitative estimate of drug-likeness (QED) is 0.167. The number of aryl methyl sites for hydroxylation is 2. The molecule has 4 heterocycles. The number of para-hydroxylation sites is 1. The Morgan fingerprint density at radius 2 is 1.74 bits per heavy atom. The van der Waals surface area contributed by atoms with Gasteiger partial charge in [-0.15, -0.1) is 10.2 Å². The molecule has 47 heavy (non-hydrogen) atoms. The van der Waals surface area contributed by atoms with Gasteiger partial charge in [0.1, 0.15) is 5.82 Å². The summed E-state index contributed by atoms with van der Waals surface area (Å²) in [4.78, 5) is 30.4. The smallest absolute Gasteiger partial charge is 0.475 e. The van der Waals surface area contributed by atoms with E-state index in [4.69, 9.17) is 15.0 Å². The van der Waals surface area contributed by atoms with E-state index < -0.39 is 12.1 Å². The maximum atomic E-state index is 13.5. The number of carbonyl (C=O) groups excluding carboxylic acids is 1. The first-order valence-corrected chi connectivity index (χ1v) is 15.4. The molecule has 0 saturated carbocycles. The van der Waals surface area contributed by atoms with Gasteiger partial charge in [0.05, 0.1) is 24.2 Å². The van der Waals surface area contributed by atoms with E-state index in [1.165, 1.54) is 5.56 Å². The SMILES string of the molecule is O=C(N[C@H](Cc1c[nH]c2ccccc12)c1nnc(CCc2ccccc2)n1Cc1ccccn1)C1CCCNC1.O=C(O)C(F)(F)F. The number of hydrogen-bond acceptors (Lipinski definition) is 6. The Morgan fingerprint density at radius 1 is 1.00 bits per heavy atom. The van der Waals surface area contributed by atoms with E-state index in [9.17, 15) is 18.0 Å². The maximum absolute atomic E-state index is 13.5. The average molecular weight is 648 g/mol. The summed E-state index contributed by atoms with van der Waals surface area (Å²) in [7, 11) is 0. The monoisotopic (exact) mass is 647 g/mol. The van der Waals surface area contributed by atoms with Crippen LogP contribution in [0.2, 0.25) is 0 Å². The number of benzene rings is 2. The molecular weight excluding hydrogens is 611 g/mol. The van der Waals surface area contributed by atoms with Gasteiger partial charge >= 0.3 is 12.1 Å². The molecule has 1 saturated heterocycles. The molecule has 1 unspecified atom stereocenters. The number of nitrogens with zero attached hydrogens (tertiary/aromatic N) is 4. The molecular formula is C34H36F3N7O3. The highest BCUT2D eigenvalue weighted by Crippen LogP contribution is 2.26.